The lowest BCUT2D eigenvalue weighted by Crippen LogP contribution is -2.48. The smallest absolute Gasteiger partial charge is 0.339 e. The fourth-order valence-corrected chi connectivity index (χ4v) is 5.93. The molecule has 1 saturated carbocycles. The maximum atomic E-state index is 13.4. The molecule has 5 rings (SSSR count). The van der Waals surface area contributed by atoms with Gasteiger partial charge in [-0.05, 0) is 74.1 Å². The molecule has 0 spiro atoms. The second kappa shape index (κ2) is 10.5. The SMILES string of the molecule is CC(C)CNC(=O)C1(c2ccccc2)CCC(C(=O)COc2ccc3c4c(c(=O)oc3c2)CCC4)CC1. The highest BCUT2D eigenvalue weighted by Crippen LogP contribution is 2.42. The summed E-state index contributed by atoms with van der Waals surface area (Å²) in [6.45, 7) is 4.77. The van der Waals surface area contributed by atoms with Gasteiger partial charge in [0, 0.05) is 29.5 Å². The second-order valence-electron chi connectivity index (χ2n) is 10.9. The van der Waals surface area contributed by atoms with Crippen LogP contribution in [0, 0.1) is 11.8 Å². The zero-order valence-corrected chi connectivity index (χ0v) is 21.7. The number of Topliss-reactive ketones (excluding diaryl/α,β-unsaturated/α-hetero) is 1. The number of hydrogen-bond donors (Lipinski definition) is 1. The summed E-state index contributed by atoms with van der Waals surface area (Å²) >= 11 is 0. The molecular weight excluding hydrogens is 466 g/mol. The Morgan fingerprint density at radius 3 is 2.51 bits per heavy atom. The van der Waals surface area contributed by atoms with Crippen LogP contribution in [0.3, 0.4) is 0 Å². The van der Waals surface area contributed by atoms with Gasteiger partial charge < -0.3 is 14.5 Å². The number of carbonyl (C=O) groups is 2. The van der Waals surface area contributed by atoms with Crippen molar-refractivity contribution in [3.8, 4) is 5.75 Å². The molecule has 0 radical (unpaired) electrons. The molecule has 6 heteroatoms. The summed E-state index contributed by atoms with van der Waals surface area (Å²) in [6.07, 6.45) is 5.17. The number of carbonyl (C=O) groups excluding carboxylic acids is 2. The van der Waals surface area contributed by atoms with Crippen molar-refractivity contribution in [2.24, 2.45) is 11.8 Å². The van der Waals surface area contributed by atoms with Crippen LogP contribution >= 0.6 is 0 Å². The van der Waals surface area contributed by atoms with Gasteiger partial charge in [-0.15, -0.1) is 0 Å². The van der Waals surface area contributed by atoms with E-state index in [9.17, 15) is 14.4 Å². The molecule has 2 aromatic carbocycles. The van der Waals surface area contributed by atoms with E-state index in [1.807, 2.05) is 42.5 Å². The van der Waals surface area contributed by atoms with Gasteiger partial charge in [-0.25, -0.2) is 4.79 Å². The van der Waals surface area contributed by atoms with Gasteiger partial charge in [0.1, 0.15) is 17.9 Å². The Hall–Kier alpha value is -3.41. The maximum Gasteiger partial charge on any atom is 0.339 e. The van der Waals surface area contributed by atoms with Gasteiger partial charge in [0.25, 0.3) is 0 Å². The zero-order valence-electron chi connectivity index (χ0n) is 21.7. The molecule has 0 aliphatic heterocycles. The Morgan fingerprint density at radius 2 is 1.78 bits per heavy atom. The molecule has 194 valence electrons. The number of aryl methyl sites for hydroxylation is 1. The third-order valence-corrected chi connectivity index (χ3v) is 8.05. The molecule has 2 aliphatic carbocycles. The Morgan fingerprint density at radius 1 is 1.05 bits per heavy atom. The number of hydrogen-bond acceptors (Lipinski definition) is 5. The molecule has 1 amide bonds. The lowest BCUT2D eigenvalue weighted by molar-refractivity contribution is -0.132. The largest absolute Gasteiger partial charge is 0.486 e. The molecule has 6 nitrogen and oxygen atoms in total. The molecule has 1 fully saturated rings. The molecule has 2 aliphatic rings. The van der Waals surface area contributed by atoms with Gasteiger partial charge >= 0.3 is 5.63 Å². The average Bonchev–Trinajstić information content (AvgIpc) is 3.42. The van der Waals surface area contributed by atoms with E-state index in [1.165, 1.54) is 0 Å². The summed E-state index contributed by atoms with van der Waals surface area (Å²) in [4.78, 5) is 38.7. The average molecular weight is 502 g/mol. The summed E-state index contributed by atoms with van der Waals surface area (Å²) in [5, 5.41) is 4.09. The van der Waals surface area contributed by atoms with Gasteiger partial charge in [0.15, 0.2) is 5.78 Å². The molecular formula is C31H35NO5. The van der Waals surface area contributed by atoms with E-state index in [1.54, 1.807) is 6.07 Å². The molecule has 37 heavy (non-hydrogen) atoms. The zero-order chi connectivity index (χ0) is 26.0. The number of benzene rings is 2. The number of fused-ring (bicyclic) bond motifs is 3. The predicted molar refractivity (Wildman–Crippen MR) is 143 cm³/mol. The second-order valence-corrected chi connectivity index (χ2v) is 10.9. The van der Waals surface area contributed by atoms with Crippen molar-refractivity contribution in [3.63, 3.8) is 0 Å². The third kappa shape index (κ3) is 5.07. The Balaban J connectivity index is 1.24. The molecule has 1 aromatic heterocycles. The minimum Gasteiger partial charge on any atom is -0.486 e. The normalized spacial score (nSPS) is 21.1. The monoisotopic (exact) mass is 501 g/mol. The number of rotatable bonds is 8. The number of ketones is 1. The van der Waals surface area contributed by atoms with Crippen LogP contribution in [0.25, 0.3) is 11.0 Å². The highest BCUT2D eigenvalue weighted by Gasteiger charge is 2.44. The van der Waals surface area contributed by atoms with Crippen LogP contribution in [0.5, 0.6) is 5.75 Å². The van der Waals surface area contributed by atoms with Crippen LogP contribution in [0.1, 0.15) is 62.6 Å². The predicted octanol–water partition coefficient (Wildman–Crippen LogP) is 5.13. The first kappa shape index (κ1) is 25.2. The standard InChI is InChI=1S/C31H35NO5/c1-20(2)18-32-30(35)31(22-7-4-3-5-8-22)15-13-21(14-16-31)27(33)19-36-23-11-12-25-24-9-6-10-26(24)29(34)37-28(25)17-23/h3-5,7-8,11-12,17,20-21H,6,9-10,13-16,18-19H2,1-2H3,(H,32,35). The number of nitrogens with one attached hydrogen (secondary N) is 1. The Labute approximate surface area is 217 Å². The minimum absolute atomic E-state index is 0.0385. The summed E-state index contributed by atoms with van der Waals surface area (Å²) in [5.74, 6) is 0.843. The fourth-order valence-electron chi connectivity index (χ4n) is 5.93. The molecule has 0 bridgehead atoms. The molecule has 0 unspecified atom stereocenters. The maximum absolute atomic E-state index is 13.4. The molecule has 0 saturated heterocycles. The van der Waals surface area contributed by atoms with E-state index in [0.717, 1.165) is 41.3 Å². The van der Waals surface area contributed by atoms with Crippen molar-refractivity contribution in [1.82, 2.24) is 5.32 Å². The Bertz CT molecular complexity index is 1350. The van der Waals surface area contributed by atoms with E-state index in [4.69, 9.17) is 9.15 Å². The molecule has 1 N–H and O–H groups in total. The Kier molecular flexibility index (Phi) is 7.18. The summed E-state index contributed by atoms with van der Waals surface area (Å²) in [7, 11) is 0. The van der Waals surface area contributed by atoms with E-state index >= 15 is 0 Å². The van der Waals surface area contributed by atoms with Crippen molar-refractivity contribution < 1.29 is 18.7 Å². The summed E-state index contributed by atoms with van der Waals surface area (Å²) < 4.78 is 11.4. The van der Waals surface area contributed by atoms with Crippen molar-refractivity contribution in [2.45, 2.75) is 64.2 Å². The lowest BCUT2D eigenvalue weighted by atomic mass is 9.65. The van der Waals surface area contributed by atoms with Crippen LogP contribution in [0.2, 0.25) is 0 Å². The molecule has 3 aromatic rings. The van der Waals surface area contributed by atoms with E-state index in [-0.39, 0.29) is 29.8 Å². The van der Waals surface area contributed by atoms with Crippen molar-refractivity contribution in [1.29, 1.82) is 0 Å². The van der Waals surface area contributed by atoms with Gasteiger partial charge in [-0.2, -0.15) is 0 Å². The van der Waals surface area contributed by atoms with Gasteiger partial charge in [0.05, 0.1) is 5.41 Å². The quantitative estimate of drug-likeness (QED) is 0.433. The number of ether oxygens (including phenoxy) is 1. The van der Waals surface area contributed by atoms with Gasteiger partial charge in [0.2, 0.25) is 5.91 Å². The molecule has 0 atom stereocenters. The van der Waals surface area contributed by atoms with Crippen LogP contribution in [-0.2, 0) is 27.8 Å². The topological polar surface area (TPSA) is 85.6 Å². The van der Waals surface area contributed by atoms with E-state index < -0.39 is 5.41 Å². The van der Waals surface area contributed by atoms with Crippen LogP contribution < -0.4 is 15.7 Å². The summed E-state index contributed by atoms with van der Waals surface area (Å²) in [5.41, 5.74) is 2.52. The third-order valence-electron chi connectivity index (χ3n) is 8.05. The van der Waals surface area contributed by atoms with Crippen molar-refractivity contribution in [2.75, 3.05) is 13.2 Å². The van der Waals surface area contributed by atoms with Crippen LogP contribution in [0.15, 0.2) is 57.7 Å². The highest BCUT2D eigenvalue weighted by atomic mass is 16.5. The van der Waals surface area contributed by atoms with E-state index in [0.29, 0.717) is 49.5 Å². The van der Waals surface area contributed by atoms with Crippen LogP contribution in [0.4, 0.5) is 0 Å². The first-order chi connectivity index (χ1) is 17.9. The lowest BCUT2D eigenvalue weighted by Gasteiger charge is -2.39. The summed E-state index contributed by atoms with van der Waals surface area (Å²) in [6, 6.07) is 15.4. The van der Waals surface area contributed by atoms with E-state index in [2.05, 4.69) is 19.2 Å². The fraction of sp³-hybridized carbons (Fsp3) is 0.452. The van der Waals surface area contributed by atoms with Gasteiger partial charge in [-0.1, -0.05) is 44.2 Å². The van der Waals surface area contributed by atoms with Gasteiger partial charge in [-0.3, -0.25) is 9.59 Å². The van der Waals surface area contributed by atoms with Crippen molar-refractivity contribution >= 4 is 22.7 Å². The minimum atomic E-state index is -0.607. The number of amides is 1. The van der Waals surface area contributed by atoms with Crippen molar-refractivity contribution in [3.05, 3.63) is 75.6 Å². The first-order valence-corrected chi connectivity index (χ1v) is 13.5. The van der Waals surface area contributed by atoms with Crippen LogP contribution in [-0.4, -0.2) is 24.8 Å². The highest BCUT2D eigenvalue weighted by molar-refractivity contribution is 5.89. The molecule has 1 heterocycles. The first-order valence-electron chi connectivity index (χ1n) is 13.5.